The number of anilines is 1. The fraction of sp³-hybridized carbons (Fsp3) is 0.0833. The number of aliphatic hydroxyl groups is 1. The number of hydrogen-bond acceptors (Lipinski definition) is 2. The molecular weight excluding hydrogens is 275 g/mol. The van der Waals surface area contributed by atoms with Gasteiger partial charge in [0.2, 0.25) is 0 Å². The van der Waals surface area contributed by atoms with Gasteiger partial charge in [-0.15, -0.1) is 0 Å². The number of para-hydroxylation sites is 1. The van der Waals surface area contributed by atoms with Crippen LogP contribution in [0, 0.1) is 0 Å². The molecule has 0 radical (unpaired) electrons. The number of amides is 1. The number of halogens is 2. The van der Waals surface area contributed by atoms with Gasteiger partial charge in [-0.05, 0) is 12.1 Å². The summed E-state index contributed by atoms with van der Waals surface area (Å²) in [6.07, 6.45) is 0. The third-order valence-corrected chi connectivity index (χ3v) is 3.10. The summed E-state index contributed by atoms with van der Waals surface area (Å²) >= 11 is 11.5. The Kier molecular flexibility index (Phi) is 3.91. The van der Waals surface area contributed by atoms with E-state index >= 15 is 0 Å². The molecular formula is C12H10Cl2N2O2. The lowest BCUT2D eigenvalue weighted by Gasteiger charge is -2.08. The zero-order chi connectivity index (χ0) is 13.1. The van der Waals surface area contributed by atoms with E-state index in [2.05, 4.69) is 10.3 Å². The number of H-pyrrole nitrogens is 1. The summed E-state index contributed by atoms with van der Waals surface area (Å²) in [6, 6.07) is 8.42. The van der Waals surface area contributed by atoms with Crippen LogP contribution >= 0.6 is 23.2 Å². The zero-order valence-corrected chi connectivity index (χ0v) is 10.7. The third kappa shape index (κ3) is 2.67. The first kappa shape index (κ1) is 13.0. The van der Waals surface area contributed by atoms with Crippen molar-refractivity contribution >= 4 is 34.8 Å². The molecule has 0 atom stereocenters. The quantitative estimate of drug-likeness (QED) is 0.811. The predicted octanol–water partition coefficient (Wildman–Crippen LogP) is 3.07. The van der Waals surface area contributed by atoms with Crippen LogP contribution in [0.15, 0.2) is 30.3 Å². The number of benzene rings is 1. The van der Waals surface area contributed by atoms with Crippen molar-refractivity contribution in [1.82, 2.24) is 4.98 Å². The predicted molar refractivity (Wildman–Crippen MR) is 71.1 cm³/mol. The second-order valence-corrected chi connectivity index (χ2v) is 4.40. The number of aliphatic hydroxyl groups excluding tert-OH is 1. The Morgan fingerprint density at radius 3 is 2.67 bits per heavy atom. The highest BCUT2D eigenvalue weighted by Crippen LogP contribution is 2.23. The highest BCUT2D eigenvalue weighted by atomic mass is 35.5. The van der Waals surface area contributed by atoms with Crippen LogP contribution in [0.4, 0.5) is 5.69 Å². The van der Waals surface area contributed by atoms with Crippen LogP contribution in [0.3, 0.4) is 0 Å². The molecule has 1 heterocycles. The Morgan fingerprint density at radius 2 is 2.06 bits per heavy atom. The molecule has 4 nitrogen and oxygen atoms in total. The van der Waals surface area contributed by atoms with Crippen molar-refractivity contribution in [1.29, 1.82) is 0 Å². The molecule has 0 bridgehead atoms. The molecule has 0 spiro atoms. The molecule has 2 aromatic rings. The van der Waals surface area contributed by atoms with Crippen molar-refractivity contribution in [3.8, 4) is 0 Å². The molecule has 1 aromatic heterocycles. The van der Waals surface area contributed by atoms with Crippen molar-refractivity contribution in [2.45, 2.75) is 6.61 Å². The maximum atomic E-state index is 11.9. The van der Waals surface area contributed by atoms with Gasteiger partial charge in [0.15, 0.2) is 0 Å². The van der Waals surface area contributed by atoms with Crippen LogP contribution in [0.25, 0.3) is 0 Å². The van der Waals surface area contributed by atoms with E-state index in [1.807, 2.05) is 0 Å². The number of rotatable bonds is 3. The highest BCUT2D eigenvalue weighted by molar-refractivity contribution is 6.41. The molecule has 0 aliphatic rings. The Balaban J connectivity index is 2.21. The fourth-order valence-corrected chi connectivity index (χ4v) is 1.81. The van der Waals surface area contributed by atoms with E-state index in [1.165, 1.54) is 6.07 Å². The monoisotopic (exact) mass is 284 g/mol. The lowest BCUT2D eigenvalue weighted by molar-refractivity contribution is 0.102. The summed E-state index contributed by atoms with van der Waals surface area (Å²) in [7, 11) is 0. The molecule has 0 aliphatic heterocycles. The molecule has 2 rings (SSSR count). The molecule has 1 amide bonds. The van der Waals surface area contributed by atoms with Crippen molar-refractivity contribution in [3.63, 3.8) is 0 Å². The lowest BCUT2D eigenvalue weighted by Crippen LogP contribution is -2.13. The molecule has 0 saturated heterocycles. The largest absolute Gasteiger partial charge is 0.392 e. The Bertz CT molecular complexity index is 562. The van der Waals surface area contributed by atoms with E-state index in [0.717, 1.165) is 0 Å². The summed E-state index contributed by atoms with van der Waals surface area (Å²) in [5.41, 5.74) is 1.44. The van der Waals surface area contributed by atoms with Crippen molar-refractivity contribution in [2.75, 3.05) is 5.32 Å². The van der Waals surface area contributed by atoms with Crippen LogP contribution in [0.1, 0.15) is 16.1 Å². The van der Waals surface area contributed by atoms with Crippen LogP contribution in [0.5, 0.6) is 0 Å². The van der Waals surface area contributed by atoms with E-state index in [9.17, 15) is 4.79 Å². The zero-order valence-electron chi connectivity index (χ0n) is 9.21. The minimum atomic E-state index is -0.371. The van der Waals surface area contributed by atoms with Crippen LogP contribution in [0.2, 0.25) is 10.2 Å². The lowest BCUT2D eigenvalue weighted by atomic mass is 10.2. The van der Waals surface area contributed by atoms with Crippen molar-refractivity contribution in [2.24, 2.45) is 0 Å². The third-order valence-electron chi connectivity index (χ3n) is 2.41. The molecule has 18 heavy (non-hydrogen) atoms. The summed E-state index contributed by atoms with van der Waals surface area (Å²) in [5.74, 6) is -0.371. The number of aromatic amines is 1. The normalized spacial score (nSPS) is 10.4. The second kappa shape index (κ2) is 5.44. The van der Waals surface area contributed by atoms with E-state index < -0.39 is 0 Å². The number of aromatic nitrogens is 1. The summed E-state index contributed by atoms with van der Waals surface area (Å²) in [5, 5.41) is 12.3. The number of carbonyl (C=O) groups excluding carboxylic acids is 1. The molecule has 0 unspecified atom stereocenters. The van der Waals surface area contributed by atoms with Gasteiger partial charge in [-0.25, -0.2) is 0 Å². The van der Waals surface area contributed by atoms with E-state index in [0.29, 0.717) is 11.3 Å². The average molecular weight is 285 g/mol. The van der Waals surface area contributed by atoms with Gasteiger partial charge in [-0.3, -0.25) is 4.79 Å². The van der Waals surface area contributed by atoms with Gasteiger partial charge in [0.25, 0.3) is 5.91 Å². The van der Waals surface area contributed by atoms with Crippen LogP contribution < -0.4 is 5.32 Å². The molecule has 6 heteroatoms. The van der Waals surface area contributed by atoms with E-state index in [4.69, 9.17) is 28.3 Å². The van der Waals surface area contributed by atoms with Gasteiger partial charge in [-0.1, -0.05) is 41.4 Å². The summed E-state index contributed by atoms with van der Waals surface area (Å²) < 4.78 is 0. The Hall–Kier alpha value is -1.49. The molecule has 1 aromatic carbocycles. The Morgan fingerprint density at radius 1 is 1.33 bits per heavy atom. The molecule has 3 N–H and O–H groups in total. The SMILES string of the molecule is O=C(Nc1ccccc1CO)c1cc(Cl)c(Cl)[nH]1. The first-order chi connectivity index (χ1) is 8.61. The average Bonchev–Trinajstić information content (AvgIpc) is 2.70. The first-order valence-electron chi connectivity index (χ1n) is 5.16. The van der Waals surface area contributed by atoms with Gasteiger partial charge in [0.1, 0.15) is 10.8 Å². The van der Waals surface area contributed by atoms with Gasteiger partial charge in [0, 0.05) is 11.3 Å². The second-order valence-electron chi connectivity index (χ2n) is 3.61. The molecule has 0 saturated carbocycles. The maximum absolute atomic E-state index is 11.9. The standard InChI is InChI=1S/C12H10Cl2N2O2/c13-8-5-10(15-11(8)14)12(18)16-9-4-2-1-3-7(9)6-17/h1-5,15,17H,6H2,(H,16,18). The van der Waals surface area contributed by atoms with Crippen molar-refractivity contribution in [3.05, 3.63) is 51.8 Å². The number of nitrogens with one attached hydrogen (secondary N) is 2. The Labute approximate surface area is 114 Å². The van der Waals surface area contributed by atoms with Gasteiger partial charge in [-0.2, -0.15) is 0 Å². The van der Waals surface area contributed by atoms with E-state index in [1.54, 1.807) is 24.3 Å². The number of carbonyl (C=O) groups is 1. The van der Waals surface area contributed by atoms with E-state index in [-0.39, 0.29) is 28.4 Å². The first-order valence-corrected chi connectivity index (χ1v) is 5.91. The fourth-order valence-electron chi connectivity index (χ4n) is 1.50. The number of hydrogen-bond donors (Lipinski definition) is 3. The van der Waals surface area contributed by atoms with Crippen molar-refractivity contribution < 1.29 is 9.90 Å². The molecule has 0 fully saturated rings. The highest BCUT2D eigenvalue weighted by Gasteiger charge is 2.12. The van der Waals surface area contributed by atoms with Gasteiger partial charge < -0.3 is 15.4 Å². The van der Waals surface area contributed by atoms with Crippen LogP contribution in [-0.2, 0) is 6.61 Å². The van der Waals surface area contributed by atoms with Crippen LogP contribution in [-0.4, -0.2) is 16.0 Å². The van der Waals surface area contributed by atoms with Gasteiger partial charge >= 0.3 is 0 Å². The van der Waals surface area contributed by atoms with Gasteiger partial charge in [0.05, 0.1) is 11.6 Å². The summed E-state index contributed by atoms with van der Waals surface area (Å²) in [4.78, 5) is 14.6. The maximum Gasteiger partial charge on any atom is 0.272 e. The molecule has 94 valence electrons. The minimum absolute atomic E-state index is 0.150. The smallest absolute Gasteiger partial charge is 0.272 e. The minimum Gasteiger partial charge on any atom is -0.392 e. The topological polar surface area (TPSA) is 65.1 Å². The molecule has 0 aliphatic carbocycles. The summed E-state index contributed by atoms with van der Waals surface area (Å²) in [6.45, 7) is -0.150.